The van der Waals surface area contributed by atoms with Crippen molar-refractivity contribution in [2.24, 2.45) is 13.0 Å². The Morgan fingerprint density at radius 3 is 2.63 bits per heavy atom. The fraction of sp³-hybridized carbons (Fsp3) is 0.436. The van der Waals surface area contributed by atoms with Crippen molar-refractivity contribution in [3.63, 3.8) is 0 Å². The number of nitrogens with one attached hydrogen (secondary N) is 3. The summed E-state index contributed by atoms with van der Waals surface area (Å²) in [7, 11) is -2.43. The number of aromatic amines is 1. The van der Waals surface area contributed by atoms with Crippen LogP contribution < -0.4 is 20.3 Å². The summed E-state index contributed by atoms with van der Waals surface area (Å²) in [5.41, 5.74) is 2.90. The second-order valence-corrected chi connectivity index (χ2v) is 17.4. The number of urea groups is 1. The fourth-order valence-corrected chi connectivity index (χ4v) is 9.53. The third-order valence-electron chi connectivity index (χ3n) is 11.0. The maximum Gasteiger partial charge on any atom is 0.329 e. The maximum absolute atomic E-state index is 15.7. The molecule has 0 spiro atoms. The first-order chi connectivity index (χ1) is 29.7. The summed E-state index contributed by atoms with van der Waals surface area (Å²) in [6, 6.07) is 6.86. The highest BCUT2D eigenvalue weighted by molar-refractivity contribution is 7.89. The van der Waals surface area contributed by atoms with Gasteiger partial charge in [-0.15, -0.1) is 5.10 Å². The number of aromatic nitrogens is 9. The van der Waals surface area contributed by atoms with Crippen LogP contribution in [0.15, 0.2) is 53.9 Å². The number of rotatable bonds is 11. The summed E-state index contributed by atoms with van der Waals surface area (Å²) >= 11 is 0. The van der Waals surface area contributed by atoms with E-state index in [1.807, 2.05) is 26.0 Å². The van der Waals surface area contributed by atoms with Gasteiger partial charge in [-0.2, -0.15) is 24.0 Å². The van der Waals surface area contributed by atoms with Crippen molar-refractivity contribution in [3.8, 4) is 17.0 Å². The van der Waals surface area contributed by atoms with E-state index in [9.17, 15) is 20.7 Å². The molecule has 3 amide bonds. The molecule has 3 N–H and O–H groups in total. The number of fused-ring (bicyclic) bond motifs is 2. The van der Waals surface area contributed by atoms with Gasteiger partial charge in [0, 0.05) is 65.7 Å². The van der Waals surface area contributed by atoms with Gasteiger partial charge in [0.15, 0.2) is 17.2 Å². The van der Waals surface area contributed by atoms with Crippen LogP contribution in [0.4, 0.5) is 26.6 Å². The number of carbonyl (C=O) groups is 2. The van der Waals surface area contributed by atoms with Gasteiger partial charge in [0.2, 0.25) is 27.5 Å². The molecule has 8 heterocycles. The molecule has 5 aromatic heterocycles. The topological polar surface area (TPSA) is 214 Å². The largest absolute Gasteiger partial charge is 0.485 e. The number of hydrogen-bond acceptors (Lipinski definition) is 13. The number of aryl methyl sites for hydroxylation is 1. The highest BCUT2D eigenvalue weighted by atomic mass is 32.2. The Morgan fingerprint density at radius 1 is 1.05 bits per heavy atom. The summed E-state index contributed by atoms with van der Waals surface area (Å²) in [5.74, 6) is -0.903. The number of hydrogen-bond donors (Lipinski definition) is 3. The monoisotopic (exact) mass is 842 g/mol. The van der Waals surface area contributed by atoms with Gasteiger partial charge in [-0.25, -0.2) is 32.3 Å². The highest BCUT2D eigenvalue weighted by Crippen LogP contribution is 2.35. The number of halogens is 1. The molecule has 0 radical (unpaired) electrons. The molecule has 0 aliphatic carbocycles. The van der Waals surface area contributed by atoms with E-state index in [-0.39, 0.29) is 60.5 Å². The lowest BCUT2D eigenvalue weighted by atomic mass is 9.91. The molecule has 1 aromatic carbocycles. The number of H-pyrrole nitrogens is 1. The summed E-state index contributed by atoms with van der Waals surface area (Å²) in [6.45, 7) is 3.15. The molecule has 19 nitrogen and oxygen atoms in total. The van der Waals surface area contributed by atoms with Gasteiger partial charge in [0.1, 0.15) is 17.8 Å². The molecule has 0 saturated carbocycles. The summed E-state index contributed by atoms with van der Waals surface area (Å²) < 4.78 is 72.4. The van der Waals surface area contributed by atoms with Gasteiger partial charge >= 0.3 is 6.03 Å². The Morgan fingerprint density at radius 2 is 1.88 bits per heavy atom. The average Bonchev–Trinajstić information content (AvgIpc) is 4.01. The van der Waals surface area contributed by atoms with E-state index in [1.165, 1.54) is 32.2 Å². The predicted octanol–water partition coefficient (Wildman–Crippen LogP) is 4.19. The Labute approximate surface area is 347 Å². The van der Waals surface area contributed by atoms with Gasteiger partial charge in [-0.05, 0) is 88.9 Å². The van der Waals surface area contributed by atoms with E-state index in [2.05, 4.69) is 41.0 Å². The molecular formula is C39H45FN14O5S. The number of carbonyl (C=O) groups excluding carboxylic acids is 2. The van der Waals surface area contributed by atoms with Crippen LogP contribution in [0.2, 0.25) is 0 Å². The van der Waals surface area contributed by atoms with Crippen molar-refractivity contribution < 1.29 is 29.9 Å². The minimum atomic E-state index is -4.18. The molecule has 314 valence electrons. The van der Waals surface area contributed by atoms with E-state index >= 15 is 4.39 Å². The highest BCUT2D eigenvalue weighted by Gasteiger charge is 2.34. The van der Waals surface area contributed by atoms with Crippen LogP contribution in [-0.2, 0) is 21.9 Å². The molecule has 3 aliphatic heterocycles. The normalized spacial score (nSPS) is 19.6. The number of amides is 3. The van der Waals surface area contributed by atoms with Crippen molar-refractivity contribution in [1.82, 2.24) is 59.1 Å². The van der Waals surface area contributed by atoms with Crippen LogP contribution in [0.25, 0.3) is 27.9 Å². The van der Waals surface area contributed by atoms with Crippen molar-refractivity contribution >= 4 is 56.1 Å². The molecule has 1 atom stereocenters. The molecule has 60 heavy (non-hydrogen) atoms. The van der Waals surface area contributed by atoms with Gasteiger partial charge in [0.25, 0.3) is 0 Å². The van der Waals surface area contributed by atoms with Crippen molar-refractivity contribution in [3.05, 3.63) is 60.6 Å². The second kappa shape index (κ2) is 15.8. The van der Waals surface area contributed by atoms with Crippen LogP contribution in [0.1, 0.15) is 60.3 Å². The third-order valence-corrected chi connectivity index (χ3v) is 12.8. The van der Waals surface area contributed by atoms with Crippen LogP contribution in [0, 0.1) is 11.7 Å². The maximum atomic E-state index is 15.7. The number of anilines is 3. The number of piperidine rings is 2. The molecule has 3 saturated heterocycles. The standard InChI is InChI=1S/C39H45FN14O5S/c1-23(2)59-34-33(26-18-42-43-19-26)41-22-54-37(34)47-38(49-54)45-31-8-6-27(17-29(31)40)60(57,58)52-13-4-5-24(21-52)20-51-14-10-25(11-15-51)30-9-7-28-35(44-30)50(3)48-36(28)53-16-12-32(55)46-39(53)56/h6-9,17-19,22-25H,4-5,10-16,20-21H2,1-3H3,(H,42,43)(H,45,49)(H,46,55,56)/i20D2. The van der Waals surface area contributed by atoms with Crippen LogP contribution >= 0.6 is 0 Å². The number of ether oxygens (including phenoxy) is 1. The zero-order valence-corrected chi connectivity index (χ0v) is 34.0. The van der Waals surface area contributed by atoms with Crippen molar-refractivity contribution in [2.45, 2.75) is 62.9 Å². The molecule has 3 fully saturated rings. The van der Waals surface area contributed by atoms with Gasteiger partial charge in [-0.3, -0.25) is 20.1 Å². The Hall–Kier alpha value is -6.06. The Balaban J connectivity index is 0.853. The number of sulfonamides is 1. The zero-order chi connectivity index (χ0) is 43.5. The van der Waals surface area contributed by atoms with Gasteiger partial charge in [-0.1, -0.05) is 0 Å². The fourth-order valence-electron chi connectivity index (χ4n) is 8.00. The predicted molar refractivity (Wildman–Crippen MR) is 218 cm³/mol. The van der Waals surface area contributed by atoms with Gasteiger partial charge < -0.3 is 15.0 Å². The average molecular weight is 843 g/mol. The van der Waals surface area contributed by atoms with E-state index in [4.69, 9.17) is 9.72 Å². The summed E-state index contributed by atoms with van der Waals surface area (Å²) in [4.78, 5) is 41.1. The van der Waals surface area contributed by atoms with Crippen LogP contribution in [0.5, 0.6) is 5.75 Å². The molecule has 0 bridgehead atoms. The lowest BCUT2D eigenvalue weighted by molar-refractivity contribution is -0.120. The lowest BCUT2D eigenvalue weighted by Crippen LogP contribution is -2.49. The van der Waals surface area contributed by atoms with Gasteiger partial charge in [0.05, 0.1) is 28.3 Å². The first-order valence-corrected chi connectivity index (χ1v) is 21.3. The number of pyridine rings is 1. The number of imide groups is 1. The molecule has 21 heteroatoms. The smallest absolute Gasteiger partial charge is 0.329 e. The number of nitrogens with zero attached hydrogens (tertiary/aromatic N) is 11. The first kappa shape index (κ1) is 37.0. The van der Waals surface area contributed by atoms with Crippen molar-refractivity contribution in [1.29, 1.82) is 0 Å². The molecular weight excluding hydrogens is 796 g/mol. The van der Waals surface area contributed by atoms with Crippen LogP contribution in [0.3, 0.4) is 0 Å². The van der Waals surface area contributed by atoms with E-state index in [0.29, 0.717) is 78.3 Å². The lowest BCUT2D eigenvalue weighted by Gasteiger charge is -2.37. The SMILES string of the molecule is [2H]C([2H])(C1CCCN(S(=O)(=O)c2ccc(Nc3nc4c(OC(C)C)c(-c5cn[nH]c5)ncn4n3)c(F)c2)C1)N1CCC(c2ccc3c(N4CCC(=O)NC4=O)nn(C)c3n2)CC1. The number of likely N-dealkylation sites (tertiary alicyclic amines) is 1. The van der Waals surface area contributed by atoms with E-state index < -0.39 is 34.3 Å². The first-order valence-electron chi connectivity index (χ1n) is 20.9. The van der Waals surface area contributed by atoms with Crippen molar-refractivity contribution in [2.75, 3.05) is 49.4 Å². The minimum absolute atomic E-state index is 0.0362. The Bertz CT molecular complexity index is 2790. The quantitative estimate of drug-likeness (QED) is 0.167. The minimum Gasteiger partial charge on any atom is -0.485 e. The van der Waals surface area contributed by atoms with E-state index in [0.717, 1.165) is 11.8 Å². The van der Waals surface area contributed by atoms with E-state index in [1.54, 1.807) is 29.0 Å². The molecule has 6 aromatic rings. The number of benzene rings is 1. The third kappa shape index (κ3) is 7.63. The molecule has 9 rings (SSSR count). The zero-order valence-electron chi connectivity index (χ0n) is 35.2. The Kier molecular flexibility index (Phi) is 9.76. The summed E-state index contributed by atoms with van der Waals surface area (Å²) in [5, 5.41) is 21.5. The second-order valence-electron chi connectivity index (χ2n) is 15.4. The molecule has 1 unspecified atom stereocenters. The molecule has 3 aliphatic rings. The van der Waals surface area contributed by atoms with Crippen LogP contribution in [-0.4, -0.2) is 119 Å². The summed E-state index contributed by atoms with van der Waals surface area (Å²) in [6.07, 6.45) is 6.90.